The van der Waals surface area contributed by atoms with Gasteiger partial charge in [-0.2, -0.15) is 10.2 Å². The Morgan fingerprint density at radius 3 is 1.57 bits per heavy atom. The van der Waals surface area contributed by atoms with Crippen LogP contribution in [0.15, 0.2) is 120 Å². The first kappa shape index (κ1) is 34.1. The van der Waals surface area contributed by atoms with Crippen molar-refractivity contribution in [3.63, 3.8) is 0 Å². The number of nitrogens with zero attached hydrogens (tertiary/aromatic N) is 3. The zero-order valence-corrected chi connectivity index (χ0v) is 26.5. The van der Waals surface area contributed by atoms with Gasteiger partial charge < -0.3 is 23.8 Å². The third-order valence-electron chi connectivity index (χ3n) is 6.92. The van der Waals surface area contributed by atoms with E-state index in [-0.39, 0.29) is 0 Å². The van der Waals surface area contributed by atoms with Gasteiger partial charge in [0.25, 0.3) is 0 Å². The second kappa shape index (κ2) is 17.6. The van der Waals surface area contributed by atoms with Crippen LogP contribution in [-0.4, -0.2) is 44.2 Å². The predicted molar refractivity (Wildman–Crippen MR) is 179 cm³/mol. The van der Waals surface area contributed by atoms with Gasteiger partial charge in [0.2, 0.25) is 0 Å². The van der Waals surface area contributed by atoms with Gasteiger partial charge in [0.15, 0.2) is 0 Å². The Hall–Kier alpha value is -5.77. The molecule has 0 heterocycles. The van der Waals surface area contributed by atoms with E-state index < -0.39 is 17.9 Å². The molecule has 0 aliphatic heterocycles. The lowest BCUT2D eigenvalue weighted by Gasteiger charge is -2.20. The standard InChI is InChI=1S/C37H37N3O7/c1-4-35(41)45-26-8-7-25-44-32-19-11-28(12-20-32)37(43)47-34-23-21-33(22-24-34)46-36(42)27-9-13-29(14-10-27)38-39-30-15-17-31(18-16-30)40(5-2)6-3/h4,9-24H,1,5-8,25-26H2,2-3H3. The van der Waals surface area contributed by atoms with E-state index in [1.165, 1.54) is 0 Å². The summed E-state index contributed by atoms with van der Waals surface area (Å²) < 4.78 is 21.5. The summed E-state index contributed by atoms with van der Waals surface area (Å²) in [6.07, 6.45) is 2.49. The maximum absolute atomic E-state index is 12.7. The van der Waals surface area contributed by atoms with Crippen molar-refractivity contribution in [3.8, 4) is 17.2 Å². The predicted octanol–water partition coefficient (Wildman–Crippen LogP) is 8.27. The van der Waals surface area contributed by atoms with Crippen LogP contribution in [0, 0.1) is 0 Å². The molecule has 0 aliphatic rings. The molecule has 0 fully saturated rings. The Kier molecular flexibility index (Phi) is 12.8. The zero-order chi connectivity index (χ0) is 33.4. The van der Waals surface area contributed by atoms with Crippen molar-refractivity contribution in [2.75, 3.05) is 31.2 Å². The summed E-state index contributed by atoms with van der Waals surface area (Å²) in [5, 5.41) is 8.54. The number of unbranched alkanes of at least 4 members (excludes halogenated alkanes) is 1. The van der Waals surface area contributed by atoms with Gasteiger partial charge in [-0.05, 0) is 124 Å². The summed E-state index contributed by atoms with van der Waals surface area (Å²) in [6.45, 7) is 10.2. The second-order valence-electron chi connectivity index (χ2n) is 10.1. The molecule has 0 unspecified atom stereocenters. The fourth-order valence-electron chi connectivity index (χ4n) is 4.32. The van der Waals surface area contributed by atoms with E-state index in [4.69, 9.17) is 18.9 Å². The summed E-state index contributed by atoms with van der Waals surface area (Å²) in [6, 6.07) is 27.3. The summed E-state index contributed by atoms with van der Waals surface area (Å²) in [7, 11) is 0. The van der Waals surface area contributed by atoms with E-state index in [9.17, 15) is 14.4 Å². The number of carbonyl (C=O) groups is 3. The van der Waals surface area contributed by atoms with Gasteiger partial charge in [-0.15, -0.1) is 0 Å². The quantitative estimate of drug-likeness (QED) is 0.0397. The van der Waals surface area contributed by atoms with Gasteiger partial charge in [0.05, 0.1) is 35.7 Å². The van der Waals surface area contributed by atoms with Gasteiger partial charge in [-0.3, -0.25) is 0 Å². The van der Waals surface area contributed by atoms with Gasteiger partial charge in [-0.1, -0.05) is 6.58 Å². The minimum Gasteiger partial charge on any atom is -0.494 e. The summed E-state index contributed by atoms with van der Waals surface area (Å²) in [4.78, 5) is 38.5. The number of benzene rings is 4. The van der Waals surface area contributed by atoms with Crippen LogP contribution in [0.3, 0.4) is 0 Å². The molecule has 4 aromatic carbocycles. The molecule has 0 atom stereocenters. The first-order valence-corrected chi connectivity index (χ1v) is 15.3. The Bertz CT molecular complexity index is 1650. The smallest absolute Gasteiger partial charge is 0.343 e. The van der Waals surface area contributed by atoms with Crippen LogP contribution >= 0.6 is 0 Å². The lowest BCUT2D eigenvalue weighted by atomic mass is 10.2. The minimum absolute atomic E-state index is 0.296. The molecule has 0 saturated carbocycles. The molecule has 10 nitrogen and oxygen atoms in total. The maximum atomic E-state index is 12.7. The van der Waals surface area contributed by atoms with Gasteiger partial charge >= 0.3 is 17.9 Å². The van der Waals surface area contributed by atoms with Crippen molar-refractivity contribution in [1.29, 1.82) is 0 Å². The number of hydrogen-bond acceptors (Lipinski definition) is 10. The molecule has 242 valence electrons. The third-order valence-corrected chi connectivity index (χ3v) is 6.92. The van der Waals surface area contributed by atoms with Crippen molar-refractivity contribution in [3.05, 3.63) is 121 Å². The molecule has 47 heavy (non-hydrogen) atoms. The molecule has 0 bridgehead atoms. The fourth-order valence-corrected chi connectivity index (χ4v) is 4.32. The fraction of sp³-hybridized carbons (Fsp3) is 0.216. The molecule has 0 N–H and O–H groups in total. The minimum atomic E-state index is -0.542. The van der Waals surface area contributed by atoms with Crippen LogP contribution in [0.4, 0.5) is 17.1 Å². The number of esters is 3. The van der Waals surface area contributed by atoms with Crippen molar-refractivity contribution >= 4 is 35.0 Å². The summed E-state index contributed by atoms with van der Waals surface area (Å²) in [5.41, 5.74) is 3.17. The van der Waals surface area contributed by atoms with Crippen LogP contribution in [0.25, 0.3) is 0 Å². The topological polar surface area (TPSA) is 116 Å². The monoisotopic (exact) mass is 635 g/mol. The van der Waals surface area contributed by atoms with E-state index in [1.807, 2.05) is 24.3 Å². The summed E-state index contributed by atoms with van der Waals surface area (Å²) >= 11 is 0. The first-order chi connectivity index (χ1) is 22.9. The number of anilines is 1. The number of carbonyl (C=O) groups excluding carboxylic acids is 3. The Morgan fingerprint density at radius 2 is 1.09 bits per heavy atom. The van der Waals surface area contributed by atoms with Crippen LogP contribution < -0.4 is 19.1 Å². The molecule has 0 spiro atoms. The Balaban J connectivity index is 1.21. The Morgan fingerprint density at radius 1 is 0.638 bits per heavy atom. The van der Waals surface area contributed by atoms with Crippen LogP contribution in [0.5, 0.6) is 17.2 Å². The van der Waals surface area contributed by atoms with E-state index >= 15 is 0 Å². The molecule has 4 rings (SSSR count). The molecule has 0 aromatic heterocycles. The third kappa shape index (κ3) is 10.7. The molecule has 0 amide bonds. The largest absolute Gasteiger partial charge is 0.494 e. The van der Waals surface area contributed by atoms with Crippen LogP contribution in [-0.2, 0) is 9.53 Å². The highest BCUT2D eigenvalue weighted by Crippen LogP contribution is 2.24. The molecule has 0 aliphatic carbocycles. The maximum Gasteiger partial charge on any atom is 0.343 e. The molecule has 0 radical (unpaired) electrons. The number of rotatable bonds is 16. The first-order valence-electron chi connectivity index (χ1n) is 15.3. The van der Waals surface area contributed by atoms with E-state index in [1.54, 1.807) is 72.8 Å². The SMILES string of the molecule is C=CC(=O)OCCCCOc1ccc(C(=O)Oc2ccc(OC(=O)c3ccc(N=Nc4ccc(N(CC)CC)cc4)cc3)cc2)cc1. The second-order valence-corrected chi connectivity index (χ2v) is 10.1. The molecule has 0 saturated heterocycles. The Labute approximate surface area is 274 Å². The average molecular weight is 636 g/mol. The lowest BCUT2D eigenvalue weighted by molar-refractivity contribution is -0.137. The summed E-state index contributed by atoms with van der Waals surface area (Å²) in [5.74, 6) is -0.328. The number of hydrogen-bond donors (Lipinski definition) is 0. The highest BCUT2D eigenvalue weighted by Gasteiger charge is 2.12. The number of azo groups is 1. The van der Waals surface area contributed by atoms with Gasteiger partial charge in [0, 0.05) is 24.9 Å². The van der Waals surface area contributed by atoms with E-state index in [0.717, 1.165) is 30.5 Å². The average Bonchev–Trinajstić information content (AvgIpc) is 3.11. The highest BCUT2D eigenvalue weighted by atomic mass is 16.5. The number of ether oxygens (including phenoxy) is 4. The highest BCUT2D eigenvalue weighted by molar-refractivity contribution is 5.92. The van der Waals surface area contributed by atoms with Crippen LogP contribution in [0.2, 0.25) is 0 Å². The van der Waals surface area contributed by atoms with Crippen LogP contribution in [0.1, 0.15) is 47.4 Å². The zero-order valence-electron chi connectivity index (χ0n) is 26.5. The lowest BCUT2D eigenvalue weighted by Crippen LogP contribution is -2.21. The van der Waals surface area contributed by atoms with Crippen molar-refractivity contribution in [1.82, 2.24) is 0 Å². The van der Waals surface area contributed by atoms with Crippen molar-refractivity contribution in [2.45, 2.75) is 26.7 Å². The van der Waals surface area contributed by atoms with Crippen molar-refractivity contribution in [2.24, 2.45) is 10.2 Å². The van der Waals surface area contributed by atoms with Gasteiger partial charge in [0.1, 0.15) is 17.2 Å². The van der Waals surface area contributed by atoms with E-state index in [0.29, 0.717) is 60.1 Å². The molecular weight excluding hydrogens is 598 g/mol. The van der Waals surface area contributed by atoms with Gasteiger partial charge in [-0.25, -0.2) is 14.4 Å². The van der Waals surface area contributed by atoms with E-state index in [2.05, 4.69) is 35.6 Å². The molecule has 4 aromatic rings. The normalized spacial score (nSPS) is 10.7. The van der Waals surface area contributed by atoms with Crippen molar-refractivity contribution < 1.29 is 33.3 Å². The molecular formula is C37H37N3O7. The molecule has 10 heteroatoms.